The van der Waals surface area contributed by atoms with Crippen molar-refractivity contribution in [1.82, 2.24) is 4.90 Å². The van der Waals surface area contributed by atoms with Crippen molar-refractivity contribution in [2.24, 2.45) is 0 Å². The minimum atomic E-state index is -0.809. The molecule has 0 aliphatic carbocycles. The van der Waals surface area contributed by atoms with E-state index in [1.165, 1.54) is 4.90 Å². The van der Waals surface area contributed by atoms with E-state index in [4.69, 9.17) is 5.11 Å². The molecule has 1 N–H and O–H groups in total. The number of carbonyl (C=O) groups is 3. The Balaban J connectivity index is 1.82. The summed E-state index contributed by atoms with van der Waals surface area (Å²) in [5, 5.41) is 8.56. The quantitative estimate of drug-likeness (QED) is 0.620. The number of aliphatic carboxylic acids is 1. The van der Waals surface area contributed by atoms with E-state index in [1.807, 2.05) is 30.3 Å². The lowest BCUT2D eigenvalue weighted by molar-refractivity contribution is -0.149. The first-order valence-corrected chi connectivity index (χ1v) is 7.68. The summed E-state index contributed by atoms with van der Waals surface area (Å²) < 4.78 is 0. The van der Waals surface area contributed by atoms with Crippen LogP contribution in [0.1, 0.15) is 50.0 Å². The molecule has 1 saturated heterocycles. The number of carboxylic acid groups (broad SMARTS) is 1. The van der Waals surface area contributed by atoms with Gasteiger partial charge in [-0.3, -0.25) is 19.3 Å². The van der Waals surface area contributed by atoms with Crippen molar-refractivity contribution in [3.05, 3.63) is 35.9 Å². The van der Waals surface area contributed by atoms with Crippen LogP contribution in [-0.2, 0) is 14.4 Å². The zero-order valence-corrected chi connectivity index (χ0v) is 12.5. The second kappa shape index (κ2) is 7.73. The molecule has 1 aliphatic heterocycles. The highest BCUT2D eigenvalue weighted by molar-refractivity contribution is 5.98. The van der Waals surface area contributed by atoms with Crippen molar-refractivity contribution < 1.29 is 19.5 Å². The molecule has 0 saturated carbocycles. The number of carbonyl (C=O) groups excluding carboxylic acids is 2. The first-order valence-electron chi connectivity index (χ1n) is 7.68. The maximum absolute atomic E-state index is 12.2. The molecule has 2 amide bonds. The van der Waals surface area contributed by atoms with Gasteiger partial charge in [0.25, 0.3) is 0 Å². The van der Waals surface area contributed by atoms with Crippen LogP contribution >= 0.6 is 0 Å². The van der Waals surface area contributed by atoms with Gasteiger partial charge in [0.05, 0.1) is 0 Å². The molecule has 5 heteroatoms. The van der Waals surface area contributed by atoms with Crippen LogP contribution in [0.25, 0.3) is 0 Å². The second-order valence-corrected chi connectivity index (χ2v) is 5.66. The van der Waals surface area contributed by atoms with Crippen molar-refractivity contribution >= 4 is 17.8 Å². The van der Waals surface area contributed by atoms with Crippen LogP contribution in [0.2, 0.25) is 0 Å². The van der Waals surface area contributed by atoms with E-state index in [0.717, 1.165) is 5.56 Å². The molecule has 118 valence electrons. The minimum Gasteiger partial charge on any atom is -0.481 e. The molecule has 0 radical (unpaired) electrons. The number of imide groups is 1. The van der Waals surface area contributed by atoms with E-state index in [0.29, 0.717) is 38.6 Å². The van der Waals surface area contributed by atoms with E-state index >= 15 is 0 Å². The lowest BCUT2D eigenvalue weighted by Gasteiger charge is -2.30. The number of likely N-dealkylation sites (tertiary alicyclic amines) is 1. The summed E-state index contributed by atoms with van der Waals surface area (Å²) in [6.45, 7) is 0.402. The molecule has 1 aliphatic rings. The summed E-state index contributed by atoms with van der Waals surface area (Å²) in [6.07, 6.45) is 2.83. The number of carboxylic acids is 1. The maximum atomic E-state index is 12.2. The first kappa shape index (κ1) is 16.2. The Labute approximate surface area is 129 Å². The van der Waals surface area contributed by atoms with Gasteiger partial charge in [-0.05, 0) is 18.4 Å². The summed E-state index contributed by atoms with van der Waals surface area (Å²) in [5.74, 6) is -1.08. The summed E-state index contributed by atoms with van der Waals surface area (Å²) in [4.78, 5) is 36.1. The molecule has 0 atom stereocenters. The highest BCUT2D eigenvalue weighted by Gasteiger charge is 2.32. The lowest BCUT2D eigenvalue weighted by atomic mass is 9.88. The predicted octanol–water partition coefficient (Wildman–Crippen LogP) is 2.56. The highest BCUT2D eigenvalue weighted by Crippen LogP contribution is 2.29. The van der Waals surface area contributed by atoms with Gasteiger partial charge in [-0.2, -0.15) is 0 Å². The van der Waals surface area contributed by atoms with Gasteiger partial charge in [0.2, 0.25) is 11.8 Å². The fourth-order valence-corrected chi connectivity index (χ4v) is 2.79. The van der Waals surface area contributed by atoms with Gasteiger partial charge in [-0.1, -0.05) is 36.8 Å². The predicted molar refractivity (Wildman–Crippen MR) is 81.2 cm³/mol. The minimum absolute atomic E-state index is 0.0236. The monoisotopic (exact) mass is 303 g/mol. The Morgan fingerprint density at radius 3 is 2.27 bits per heavy atom. The van der Waals surface area contributed by atoms with Gasteiger partial charge in [0, 0.05) is 31.7 Å². The molecule has 1 heterocycles. The van der Waals surface area contributed by atoms with Crippen LogP contribution in [0.3, 0.4) is 0 Å². The van der Waals surface area contributed by atoms with Crippen LogP contribution in [0.15, 0.2) is 30.3 Å². The third-order valence-electron chi connectivity index (χ3n) is 3.99. The molecule has 5 nitrogen and oxygen atoms in total. The SMILES string of the molecule is O=C(O)CCCCCN1C(=O)CC(c2ccccc2)CC1=O. The molecule has 0 spiro atoms. The Bertz CT molecular complexity index is 523. The number of benzene rings is 1. The zero-order chi connectivity index (χ0) is 15.9. The van der Waals surface area contributed by atoms with Crippen molar-refractivity contribution in [3.63, 3.8) is 0 Å². The van der Waals surface area contributed by atoms with Crippen molar-refractivity contribution in [2.75, 3.05) is 6.54 Å². The largest absolute Gasteiger partial charge is 0.481 e. The molecule has 0 aromatic heterocycles. The topological polar surface area (TPSA) is 74.7 Å². The molecule has 2 rings (SSSR count). The Hall–Kier alpha value is -2.17. The van der Waals surface area contributed by atoms with Gasteiger partial charge in [-0.15, -0.1) is 0 Å². The number of nitrogens with zero attached hydrogens (tertiary/aromatic N) is 1. The molecule has 1 aromatic rings. The number of piperidine rings is 1. The van der Waals surface area contributed by atoms with Crippen LogP contribution in [0.4, 0.5) is 0 Å². The molecule has 1 aromatic carbocycles. The van der Waals surface area contributed by atoms with Crippen LogP contribution in [-0.4, -0.2) is 34.3 Å². The molecular weight excluding hydrogens is 282 g/mol. The van der Waals surface area contributed by atoms with E-state index in [1.54, 1.807) is 0 Å². The van der Waals surface area contributed by atoms with Crippen molar-refractivity contribution in [3.8, 4) is 0 Å². The van der Waals surface area contributed by atoms with Gasteiger partial charge >= 0.3 is 5.97 Å². The fourth-order valence-electron chi connectivity index (χ4n) is 2.79. The smallest absolute Gasteiger partial charge is 0.303 e. The second-order valence-electron chi connectivity index (χ2n) is 5.66. The molecule has 22 heavy (non-hydrogen) atoms. The standard InChI is InChI=1S/C17H21NO4/c19-15-11-14(13-7-3-1-4-8-13)12-16(20)18(15)10-6-2-5-9-17(21)22/h1,3-4,7-8,14H,2,5-6,9-12H2,(H,21,22). The fraction of sp³-hybridized carbons (Fsp3) is 0.471. The van der Waals surface area contributed by atoms with E-state index in [2.05, 4.69) is 0 Å². The average Bonchev–Trinajstić information content (AvgIpc) is 2.49. The van der Waals surface area contributed by atoms with E-state index < -0.39 is 5.97 Å². The molecule has 0 unspecified atom stereocenters. The average molecular weight is 303 g/mol. The van der Waals surface area contributed by atoms with Gasteiger partial charge < -0.3 is 5.11 Å². The van der Waals surface area contributed by atoms with E-state index in [-0.39, 0.29) is 24.2 Å². The Morgan fingerprint density at radius 1 is 1.05 bits per heavy atom. The molecule has 1 fully saturated rings. The number of unbranched alkanes of at least 4 members (excludes halogenated alkanes) is 2. The van der Waals surface area contributed by atoms with Crippen LogP contribution in [0.5, 0.6) is 0 Å². The third-order valence-corrected chi connectivity index (χ3v) is 3.99. The van der Waals surface area contributed by atoms with Crippen molar-refractivity contribution in [1.29, 1.82) is 0 Å². The number of rotatable bonds is 7. The first-order chi connectivity index (χ1) is 10.6. The molecular formula is C17H21NO4. The summed E-state index contributed by atoms with van der Waals surface area (Å²) in [5.41, 5.74) is 1.03. The van der Waals surface area contributed by atoms with Gasteiger partial charge in [-0.25, -0.2) is 0 Å². The normalized spacial score (nSPS) is 16.1. The summed E-state index contributed by atoms with van der Waals surface area (Å²) in [6, 6.07) is 9.65. The van der Waals surface area contributed by atoms with E-state index in [9.17, 15) is 14.4 Å². The third kappa shape index (κ3) is 4.41. The summed E-state index contributed by atoms with van der Waals surface area (Å²) in [7, 11) is 0. The van der Waals surface area contributed by atoms with Gasteiger partial charge in [0.15, 0.2) is 0 Å². The van der Waals surface area contributed by atoms with Gasteiger partial charge in [0.1, 0.15) is 0 Å². The molecule has 0 bridgehead atoms. The lowest BCUT2D eigenvalue weighted by Crippen LogP contribution is -2.43. The Kier molecular flexibility index (Phi) is 5.69. The van der Waals surface area contributed by atoms with Crippen molar-refractivity contribution in [2.45, 2.75) is 44.4 Å². The number of hydrogen-bond donors (Lipinski definition) is 1. The summed E-state index contributed by atoms with van der Waals surface area (Å²) >= 11 is 0. The highest BCUT2D eigenvalue weighted by atomic mass is 16.4. The number of hydrogen-bond acceptors (Lipinski definition) is 3. The zero-order valence-electron chi connectivity index (χ0n) is 12.5. The number of amides is 2. The maximum Gasteiger partial charge on any atom is 0.303 e. The Morgan fingerprint density at radius 2 is 1.68 bits per heavy atom. The van der Waals surface area contributed by atoms with Crippen LogP contribution < -0.4 is 0 Å². The van der Waals surface area contributed by atoms with Crippen LogP contribution in [0, 0.1) is 0 Å².